The molecular formula is C24H44O10. The molecule has 200 valence electrons. The molecule has 0 saturated carbocycles. The molecule has 0 bridgehead atoms. The molecule has 0 aliphatic carbocycles. The van der Waals surface area contributed by atoms with Crippen LogP contribution < -0.4 is 0 Å². The Kier molecular flexibility index (Phi) is 15.4. The minimum Gasteiger partial charge on any atom is -0.487 e. The number of hydrogen-bond donors (Lipinski definition) is 6. The third-order valence-corrected chi connectivity index (χ3v) is 5.89. The van der Waals surface area contributed by atoms with Crippen LogP contribution in [0.25, 0.3) is 0 Å². The van der Waals surface area contributed by atoms with Crippen molar-refractivity contribution in [3.05, 3.63) is 11.5 Å². The van der Waals surface area contributed by atoms with Crippen LogP contribution in [0.2, 0.25) is 0 Å². The number of cyclic esters (lactones) is 1. The lowest BCUT2D eigenvalue weighted by molar-refractivity contribution is -0.172. The molecule has 10 nitrogen and oxygen atoms in total. The molecule has 1 rings (SSSR count). The summed E-state index contributed by atoms with van der Waals surface area (Å²) in [5, 5.41) is 58.0. The number of esters is 1. The summed E-state index contributed by atoms with van der Waals surface area (Å²) in [6.45, 7) is -0.173. The average Bonchev–Trinajstić information content (AvgIpc) is 3.10. The highest BCUT2D eigenvalue weighted by atomic mass is 16.6. The number of aliphatic hydroxyl groups excluding tert-OH is 6. The van der Waals surface area contributed by atoms with Gasteiger partial charge in [-0.2, -0.15) is 0 Å². The van der Waals surface area contributed by atoms with Crippen LogP contribution in [0.1, 0.15) is 77.6 Å². The second-order valence-corrected chi connectivity index (χ2v) is 8.85. The smallest absolute Gasteiger partial charge is 0.378 e. The van der Waals surface area contributed by atoms with Gasteiger partial charge in [0.1, 0.15) is 18.8 Å². The van der Waals surface area contributed by atoms with E-state index in [1.165, 1.54) is 38.5 Å². The lowest BCUT2D eigenvalue weighted by atomic mass is 9.88. The number of rotatable bonds is 21. The van der Waals surface area contributed by atoms with Gasteiger partial charge in [-0.1, -0.05) is 64.7 Å². The Hall–Kier alpha value is -1.43. The molecule has 1 heterocycles. The lowest BCUT2D eigenvalue weighted by Crippen LogP contribution is -2.50. The zero-order valence-electron chi connectivity index (χ0n) is 20.4. The van der Waals surface area contributed by atoms with Gasteiger partial charge in [0, 0.05) is 6.42 Å². The van der Waals surface area contributed by atoms with Crippen LogP contribution in [-0.2, 0) is 19.0 Å². The molecule has 0 fully saturated rings. The molecule has 1 aliphatic rings. The van der Waals surface area contributed by atoms with Gasteiger partial charge in [-0.15, -0.1) is 0 Å². The highest BCUT2D eigenvalue weighted by Crippen LogP contribution is 2.41. The standard InChI is InChI=1S/C24H44O10/c1-2-3-4-5-6-7-8-9-10-11-12-32-21-22(33-17-19(29)15-26)24(20(30)16-27,34-23(21)31)13-18(28)14-25/h18-20,25-30H,2-17H2,1H3/t18?,19?,20-,24+/m0/s1. The zero-order valence-corrected chi connectivity index (χ0v) is 20.4. The molecule has 0 aromatic rings. The van der Waals surface area contributed by atoms with Crippen LogP contribution in [0.4, 0.5) is 0 Å². The highest BCUT2D eigenvalue weighted by Gasteiger charge is 2.56. The Labute approximate surface area is 202 Å². The molecule has 0 radical (unpaired) electrons. The maximum Gasteiger partial charge on any atom is 0.378 e. The molecule has 10 heteroatoms. The van der Waals surface area contributed by atoms with E-state index in [4.69, 9.17) is 19.3 Å². The average molecular weight is 493 g/mol. The van der Waals surface area contributed by atoms with Crippen molar-refractivity contribution in [2.75, 3.05) is 33.0 Å². The molecule has 4 atom stereocenters. The van der Waals surface area contributed by atoms with Crippen molar-refractivity contribution in [1.29, 1.82) is 0 Å². The monoisotopic (exact) mass is 492 g/mol. The lowest BCUT2D eigenvalue weighted by Gasteiger charge is -2.35. The van der Waals surface area contributed by atoms with Crippen LogP contribution in [0, 0.1) is 0 Å². The Bertz CT molecular complexity index is 596. The minimum absolute atomic E-state index is 0.185. The Morgan fingerprint density at radius 2 is 1.35 bits per heavy atom. The fourth-order valence-electron chi connectivity index (χ4n) is 3.90. The number of aliphatic hydroxyl groups is 6. The van der Waals surface area contributed by atoms with E-state index in [9.17, 15) is 30.3 Å². The van der Waals surface area contributed by atoms with Crippen LogP contribution >= 0.6 is 0 Å². The van der Waals surface area contributed by atoms with Crippen molar-refractivity contribution in [2.45, 2.75) is 101 Å². The van der Waals surface area contributed by atoms with Gasteiger partial charge in [0.05, 0.1) is 32.5 Å². The number of unbranched alkanes of at least 4 members (excludes halogenated alkanes) is 9. The van der Waals surface area contributed by atoms with Gasteiger partial charge in [-0.25, -0.2) is 4.79 Å². The molecule has 0 spiro atoms. The van der Waals surface area contributed by atoms with Crippen molar-refractivity contribution < 1.29 is 49.6 Å². The van der Waals surface area contributed by atoms with Gasteiger partial charge in [0.15, 0.2) is 5.76 Å². The van der Waals surface area contributed by atoms with Crippen molar-refractivity contribution in [2.24, 2.45) is 0 Å². The summed E-state index contributed by atoms with van der Waals surface area (Å²) >= 11 is 0. The van der Waals surface area contributed by atoms with E-state index in [0.717, 1.165) is 19.3 Å². The molecule has 1 aliphatic heterocycles. The van der Waals surface area contributed by atoms with Crippen molar-refractivity contribution in [3.63, 3.8) is 0 Å². The van der Waals surface area contributed by atoms with Gasteiger partial charge in [-0.05, 0) is 6.42 Å². The van der Waals surface area contributed by atoms with E-state index < -0.39 is 62.7 Å². The topological polar surface area (TPSA) is 166 Å². The van der Waals surface area contributed by atoms with Crippen molar-refractivity contribution in [3.8, 4) is 0 Å². The van der Waals surface area contributed by atoms with E-state index in [0.29, 0.717) is 6.42 Å². The van der Waals surface area contributed by atoms with Crippen LogP contribution in [0.3, 0.4) is 0 Å². The molecule has 0 saturated heterocycles. The van der Waals surface area contributed by atoms with E-state index >= 15 is 0 Å². The SMILES string of the molecule is CCCCCCCCCCCCOC1=C(OCC(O)CO)[C@@](CC(O)CO)([C@@H](O)CO)OC1=O. The second kappa shape index (κ2) is 17.1. The molecule has 2 unspecified atom stereocenters. The zero-order chi connectivity index (χ0) is 25.4. The first kappa shape index (κ1) is 30.6. The number of carbonyl (C=O) groups is 1. The van der Waals surface area contributed by atoms with Gasteiger partial charge in [-0.3, -0.25) is 0 Å². The van der Waals surface area contributed by atoms with Gasteiger partial charge in [0.2, 0.25) is 11.4 Å². The first-order valence-corrected chi connectivity index (χ1v) is 12.5. The summed E-state index contributed by atoms with van der Waals surface area (Å²) in [6.07, 6.45) is 6.46. The third kappa shape index (κ3) is 9.67. The first-order chi connectivity index (χ1) is 16.4. The highest BCUT2D eigenvalue weighted by molar-refractivity contribution is 5.90. The van der Waals surface area contributed by atoms with Crippen LogP contribution in [-0.4, -0.2) is 93.6 Å². The van der Waals surface area contributed by atoms with Crippen molar-refractivity contribution in [1.82, 2.24) is 0 Å². The van der Waals surface area contributed by atoms with E-state index in [2.05, 4.69) is 6.92 Å². The van der Waals surface area contributed by atoms with Crippen LogP contribution in [0.5, 0.6) is 0 Å². The molecule has 0 aromatic heterocycles. The fraction of sp³-hybridized carbons (Fsp3) is 0.875. The summed E-state index contributed by atoms with van der Waals surface area (Å²) < 4.78 is 16.5. The van der Waals surface area contributed by atoms with Crippen LogP contribution in [0.15, 0.2) is 11.5 Å². The largest absolute Gasteiger partial charge is 0.487 e. The minimum atomic E-state index is -2.00. The predicted octanol–water partition coefficient (Wildman–Crippen LogP) is 0.897. The predicted molar refractivity (Wildman–Crippen MR) is 123 cm³/mol. The second-order valence-electron chi connectivity index (χ2n) is 8.85. The summed E-state index contributed by atoms with van der Waals surface area (Å²) in [4.78, 5) is 12.6. The molecule has 0 aromatic carbocycles. The first-order valence-electron chi connectivity index (χ1n) is 12.5. The molecular weight excluding hydrogens is 448 g/mol. The third-order valence-electron chi connectivity index (χ3n) is 5.89. The maximum atomic E-state index is 12.6. The normalized spacial score (nSPS) is 20.9. The number of carbonyl (C=O) groups excluding carboxylic acids is 1. The molecule has 0 amide bonds. The summed E-state index contributed by atoms with van der Waals surface area (Å²) in [6, 6.07) is 0. The molecule has 6 N–H and O–H groups in total. The van der Waals surface area contributed by atoms with Gasteiger partial charge < -0.3 is 44.8 Å². The van der Waals surface area contributed by atoms with E-state index in [1.54, 1.807) is 0 Å². The Morgan fingerprint density at radius 3 is 1.88 bits per heavy atom. The summed E-state index contributed by atoms with van der Waals surface area (Å²) in [7, 11) is 0. The number of hydrogen-bond acceptors (Lipinski definition) is 10. The quantitative estimate of drug-likeness (QED) is 0.100. The van der Waals surface area contributed by atoms with Gasteiger partial charge >= 0.3 is 5.97 Å². The fourth-order valence-corrected chi connectivity index (χ4v) is 3.90. The molecule has 34 heavy (non-hydrogen) atoms. The summed E-state index contributed by atoms with van der Waals surface area (Å²) in [5.41, 5.74) is -2.00. The number of ether oxygens (including phenoxy) is 3. The van der Waals surface area contributed by atoms with E-state index in [-0.39, 0.29) is 18.1 Å². The Morgan fingerprint density at radius 1 is 0.794 bits per heavy atom. The van der Waals surface area contributed by atoms with Gasteiger partial charge in [0.25, 0.3) is 0 Å². The van der Waals surface area contributed by atoms with E-state index in [1.807, 2.05) is 0 Å². The Balaban J connectivity index is 2.75. The van der Waals surface area contributed by atoms with Crippen molar-refractivity contribution >= 4 is 5.97 Å². The summed E-state index contributed by atoms with van der Waals surface area (Å²) in [5.74, 6) is -1.55. The maximum absolute atomic E-state index is 12.6.